The molecule has 0 aliphatic heterocycles. The SMILES string of the molecule is CC(C)C(=O)CNC(=O)[C@H](C)Oc1cccnc1. The predicted octanol–water partition coefficient (Wildman–Crippen LogP) is 1.19. The maximum absolute atomic E-state index is 11.7. The van der Waals surface area contributed by atoms with E-state index in [1.54, 1.807) is 39.1 Å². The fraction of sp³-hybridized carbons (Fsp3) is 0.462. The highest BCUT2D eigenvalue weighted by Gasteiger charge is 2.16. The number of Topliss-reactive ketones (excluding diaryl/α,β-unsaturated/α-hetero) is 1. The lowest BCUT2D eigenvalue weighted by atomic mass is 10.1. The van der Waals surface area contributed by atoms with Crippen LogP contribution in [0.25, 0.3) is 0 Å². The van der Waals surface area contributed by atoms with E-state index in [9.17, 15) is 9.59 Å². The molecule has 0 aromatic carbocycles. The van der Waals surface area contributed by atoms with E-state index in [0.29, 0.717) is 5.75 Å². The number of pyridine rings is 1. The molecule has 1 atom stereocenters. The van der Waals surface area contributed by atoms with E-state index in [0.717, 1.165) is 0 Å². The molecule has 1 heterocycles. The Balaban J connectivity index is 2.40. The van der Waals surface area contributed by atoms with E-state index >= 15 is 0 Å². The van der Waals surface area contributed by atoms with E-state index in [4.69, 9.17) is 4.74 Å². The average Bonchev–Trinajstić information content (AvgIpc) is 2.36. The number of carbonyl (C=O) groups is 2. The number of amides is 1. The Morgan fingerprint density at radius 3 is 2.67 bits per heavy atom. The summed E-state index contributed by atoms with van der Waals surface area (Å²) in [5.74, 6) is 0.125. The average molecular weight is 250 g/mol. The summed E-state index contributed by atoms with van der Waals surface area (Å²) in [6.07, 6.45) is 2.50. The second kappa shape index (κ2) is 6.74. The zero-order valence-corrected chi connectivity index (χ0v) is 10.8. The highest BCUT2D eigenvalue weighted by Crippen LogP contribution is 2.08. The number of rotatable bonds is 6. The van der Waals surface area contributed by atoms with Crippen LogP contribution in [0.2, 0.25) is 0 Å². The summed E-state index contributed by atoms with van der Waals surface area (Å²) < 4.78 is 5.38. The quantitative estimate of drug-likeness (QED) is 0.823. The normalized spacial score (nSPS) is 12.0. The van der Waals surface area contributed by atoms with Crippen LogP contribution < -0.4 is 10.1 Å². The van der Waals surface area contributed by atoms with Gasteiger partial charge in [-0.05, 0) is 19.1 Å². The molecular weight excluding hydrogens is 232 g/mol. The molecule has 0 fully saturated rings. The molecule has 18 heavy (non-hydrogen) atoms. The number of aromatic nitrogens is 1. The highest BCUT2D eigenvalue weighted by molar-refractivity contribution is 5.88. The van der Waals surface area contributed by atoms with E-state index in [2.05, 4.69) is 10.3 Å². The van der Waals surface area contributed by atoms with Crippen molar-refractivity contribution in [3.8, 4) is 5.75 Å². The van der Waals surface area contributed by atoms with Crippen molar-refractivity contribution in [1.29, 1.82) is 0 Å². The third-order valence-electron chi connectivity index (χ3n) is 2.40. The molecule has 98 valence electrons. The van der Waals surface area contributed by atoms with Crippen molar-refractivity contribution >= 4 is 11.7 Å². The third-order valence-corrected chi connectivity index (χ3v) is 2.40. The number of ether oxygens (including phenoxy) is 1. The first kappa shape index (κ1) is 14.2. The minimum absolute atomic E-state index is 0.00284. The molecule has 1 N–H and O–H groups in total. The van der Waals surface area contributed by atoms with Crippen molar-refractivity contribution in [2.45, 2.75) is 26.9 Å². The van der Waals surface area contributed by atoms with Gasteiger partial charge in [0.15, 0.2) is 11.9 Å². The van der Waals surface area contributed by atoms with Crippen molar-refractivity contribution < 1.29 is 14.3 Å². The minimum Gasteiger partial charge on any atom is -0.479 e. The van der Waals surface area contributed by atoms with Gasteiger partial charge in [-0.2, -0.15) is 0 Å². The van der Waals surface area contributed by atoms with Crippen LogP contribution in [0.5, 0.6) is 5.75 Å². The van der Waals surface area contributed by atoms with Gasteiger partial charge in [-0.1, -0.05) is 13.8 Å². The maximum atomic E-state index is 11.7. The molecule has 1 aromatic heterocycles. The number of hydrogen-bond acceptors (Lipinski definition) is 4. The summed E-state index contributed by atoms with van der Waals surface area (Å²) in [7, 11) is 0. The van der Waals surface area contributed by atoms with E-state index in [-0.39, 0.29) is 24.2 Å². The van der Waals surface area contributed by atoms with Crippen LogP contribution in [0.4, 0.5) is 0 Å². The topological polar surface area (TPSA) is 68.3 Å². The third kappa shape index (κ3) is 4.53. The Bertz CT molecular complexity index is 404. The highest BCUT2D eigenvalue weighted by atomic mass is 16.5. The van der Waals surface area contributed by atoms with Crippen LogP contribution in [-0.4, -0.2) is 29.3 Å². The molecule has 1 aromatic rings. The van der Waals surface area contributed by atoms with Crippen molar-refractivity contribution in [3.63, 3.8) is 0 Å². The van der Waals surface area contributed by atoms with E-state index in [1.807, 2.05) is 0 Å². The Hall–Kier alpha value is -1.91. The van der Waals surface area contributed by atoms with Gasteiger partial charge >= 0.3 is 0 Å². The lowest BCUT2D eigenvalue weighted by Crippen LogP contribution is -2.39. The van der Waals surface area contributed by atoms with Crippen molar-refractivity contribution in [3.05, 3.63) is 24.5 Å². The molecule has 0 bridgehead atoms. The Morgan fingerprint density at radius 2 is 2.11 bits per heavy atom. The van der Waals surface area contributed by atoms with Gasteiger partial charge in [0.25, 0.3) is 5.91 Å². The lowest BCUT2D eigenvalue weighted by Gasteiger charge is -2.14. The summed E-state index contributed by atoms with van der Waals surface area (Å²) in [6.45, 7) is 5.26. The van der Waals surface area contributed by atoms with Crippen molar-refractivity contribution in [2.75, 3.05) is 6.54 Å². The predicted molar refractivity (Wildman–Crippen MR) is 67.2 cm³/mol. The van der Waals surface area contributed by atoms with Crippen LogP contribution in [-0.2, 0) is 9.59 Å². The molecule has 5 nitrogen and oxygen atoms in total. The minimum atomic E-state index is -0.658. The van der Waals surface area contributed by atoms with Crippen LogP contribution >= 0.6 is 0 Å². The van der Waals surface area contributed by atoms with Crippen LogP contribution in [0, 0.1) is 5.92 Å². The van der Waals surface area contributed by atoms with E-state index in [1.165, 1.54) is 6.20 Å². The van der Waals surface area contributed by atoms with Crippen LogP contribution in [0.3, 0.4) is 0 Å². The molecule has 1 amide bonds. The molecule has 0 spiro atoms. The fourth-order valence-corrected chi connectivity index (χ4v) is 1.20. The Labute approximate surface area is 107 Å². The van der Waals surface area contributed by atoms with Gasteiger partial charge in [0.05, 0.1) is 12.7 Å². The molecule has 0 aliphatic rings. The zero-order valence-electron chi connectivity index (χ0n) is 10.8. The van der Waals surface area contributed by atoms with Gasteiger partial charge in [-0.15, -0.1) is 0 Å². The van der Waals surface area contributed by atoms with Gasteiger partial charge in [0.2, 0.25) is 0 Å². The van der Waals surface area contributed by atoms with Gasteiger partial charge < -0.3 is 10.1 Å². The number of hydrogen-bond donors (Lipinski definition) is 1. The summed E-state index contributed by atoms with van der Waals surface area (Å²) in [5.41, 5.74) is 0. The number of carbonyl (C=O) groups excluding carboxylic acids is 2. The van der Waals surface area contributed by atoms with Gasteiger partial charge in [-0.25, -0.2) is 0 Å². The largest absolute Gasteiger partial charge is 0.479 e. The summed E-state index contributed by atoms with van der Waals surface area (Å²) in [6, 6.07) is 3.44. The zero-order chi connectivity index (χ0) is 13.5. The Kier molecular flexibility index (Phi) is 5.30. The van der Waals surface area contributed by atoms with E-state index < -0.39 is 6.10 Å². The van der Waals surface area contributed by atoms with Gasteiger partial charge in [0.1, 0.15) is 5.75 Å². The second-order valence-corrected chi connectivity index (χ2v) is 4.29. The number of nitrogens with one attached hydrogen (secondary N) is 1. The number of nitrogens with zero attached hydrogens (tertiary/aromatic N) is 1. The summed E-state index contributed by atoms with van der Waals surface area (Å²) in [4.78, 5) is 26.9. The molecule has 0 aliphatic carbocycles. The molecule has 0 unspecified atom stereocenters. The molecular formula is C13H18N2O3. The standard InChI is InChI=1S/C13H18N2O3/c1-9(2)12(16)8-15-13(17)10(3)18-11-5-4-6-14-7-11/h4-7,9-10H,8H2,1-3H3,(H,15,17)/t10-/m0/s1. The van der Waals surface area contributed by atoms with Crippen molar-refractivity contribution in [2.24, 2.45) is 5.92 Å². The van der Waals surface area contributed by atoms with Crippen LogP contribution in [0.15, 0.2) is 24.5 Å². The number of ketones is 1. The lowest BCUT2D eigenvalue weighted by molar-refractivity contribution is -0.130. The summed E-state index contributed by atoms with van der Waals surface area (Å²) >= 11 is 0. The first-order valence-corrected chi connectivity index (χ1v) is 5.87. The molecule has 1 rings (SSSR count). The second-order valence-electron chi connectivity index (χ2n) is 4.29. The van der Waals surface area contributed by atoms with Gasteiger partial charge in [-0.3, -0.25) is 14.6 Å². The first-order chi connectivity index (χ1) is 8.50. The van der Waals surface area contributed by atoms with Crippen LogP contribution in [0.1, 0.15) is 20.8 Å². The molecule has 0 saturated carbocycles. The maximum Gasteiger partial charge on any atom is 0.261 e. The molecule has 0 radical (unpaired) electrons. The smallest absolute Gasteiger partial charge is 0.261 e. The fourth-order valence-electron chi connectivity index (χ4n) is 1.20. The first-order valence-electron chi connectivity index (χ1n) is 5.87. The molecule has 5 heteroatoms. The molecule has 0 saturated heterocycles. The monoisotopic (exact) mass is 250 g/mol. The van der Waals surface area contributed by atoms with Crippen molar-refractivity contribution in [1.82, 2.24) is 10.3 Å². The van der Waals surface area contributed by atoms with Gasteiger partial charge in [0, 0.05) is 12.1 Å². The summed E-state index contributed by atoms with van der Waals surface area (Å²) in [5, 5.41) is 2.55. The Morgan fingerprint density at radius 1 is 1.39 bits per heavy atom.